The summed E-state index contributed by atoms with van der Waals surface area (Å²) in [5.41, 5.74) is 2.35. The third-order valence-electron chi connectivity index (χ3n) is 4.94. The number of nitro groups is 1. The van der Waals surface area contributed by atoms with Gasteiger partial charge in [0.2, 0.25) is 5.78 Å². The Labute approximate surface area is 183 Å². The summed E-state index contributed by atoms with van der Waals surface area (Å²) in [6.45, 7) is 0. The van der Waals surface area contributed by atoms with Crippen molar-refractivity contribution in [1.29, 1.82) is 0 Å². The number of non-ortho nitro benzene ring substituents is 1. The SMILES string of the molecule is O=C(/C=C/c1ccc([N+](=O)[O-])cc1)O[C@H](C(=O)c1c[nH]c2ccccc12)c1ccccc1. The molecule has 0 radical (unpaired) electrons. The molecule has 0 saturated carbocycles. The maximum Gasteiger partial charge on any atom is 0.331 e. The van der Waals surface area contributed by atoms with Crippen LogP contribution in [0, 0.1) is 10.1 Å². The summed E-state index contributed by atoms with van der Waals surface area (Å²) >= 11 is 0. The number of nitrogens with one attached hydrogen (secondary N) is 1. The van der Waals surface area contributed by atoms with E-state index in [1.54, 1.807) is 30.5 Å². The number of para-hydroxylation sites is 1. The van der Waals surface area contributed by atoms with Gasteiger partial charge in [0.05, 0.1) is 4.92 Å². The molecule has 1 aromatic heterocycles. The van der Waals surface area contributed by atoms with E-state index in [4.69, 9.17) is 4.74 Å². The number of hydrogen-bond acceptors (Lipinski definition) is 5. The van der Waals surface area contributed by atoms with Crippen LogP contribution in [0.3, 0.4) is 0 Å². The molecule has 7 heteroatoms. The summed E-state index contributed by atoms with van der Waals surface area (Å²) in [6, 6.07) is 21.9. The fourth-order valence-corrected chi connectivity index (χ4v) is 3.34. The number of aromatic nitrogens is 1. The van der Waals surface area contributed by atoms with Gasteiger partial charge in [-0.25, -0.2) is 4.79 Å². The van der Waals surface area contributed by atoms with Crippen LogP contribution in [0.5, 0.6) is 0 Å². The number of ether oxygens (including phenoxy) is 1. The van der Waals surface area contributed by atoms with Gasteiger partial charge in [-0.3, -0.25) is 14.9 Å². The van der Waals surface area contributed by atoms with Crippen LogP contribution in [0.4, 0.5) is 5.69 Å². The zero-order valence-electron chi connectivity index (χ0n) is 16.8. The first-order valence-electron chi connectivity index (χ1n) is 9.81. The minimum absolute atomic E-state index is 0.0433. The maximum atomic E-state index is 13.3. The molecule has 0 aliphatic carbocycles. The van der Waals surface area contributed by atoms with E-state index in [0.717, 1.165) is 10.9 Å². The van der Waals surface area contributed by atoms with Crippen molar-refractivity contribution in [1.82, 2.24) is 4.98 Å². The number of aromatic amines is 1. The fraction of sp³-hybridized carbons (Fsp3) is 0.0400. The van der Waals surface area contributed by atoms with Gasteiger partial charge in [0.25, 0.3) is 5.69 Å². The van der Waals surface area contributed by atoms with Gasteiger partial charge in [-0.15, -0.1) is 0 Å². The first-order chi connectivity index (χ1) is 15.5. The summed E-state index contributed by atoms with van der Waals surface area (Å²) in [5.74, 6) is -1.05. The summed E-state index contributed by atoms with van der Waals surface area (Å²) in [7, 11) is 0. The molecule has 0 unspecified atom stereocenters. The molecular weight excluding hydrogens is 408 g/mol. The van der Waals surface area contributed by atoms with Gasteiger partial charge in [0.15, 0.2) is 6.10 Å². The van der Waals surface area contributed by atoms with Crippen LogP contribution in [0.15, 0.2) is 91.1 Å². The Balaban J connectivity index is 1.58. The van der Waals surface area contributed by atoms with Crippen molar-refractivity contribution < 1.29 is 19.2 Å². The van der Waals surface area contributed by atoms with Crippen LogP contribution < -0.4 is 0 Å². The predicted molar refractivity (Wildman–Crippen MR) is 120 cm³/mol. The van der Waals surface area contributed by atoms with Crippen molar-refractivity contribution in [3.63, 3.8) is 0 Å². The monoisotopic (exact) mass is 426 g/mol. The third-order valence-corrected chi connectivity index (χ3v) is 4.94. The lowest BCUT2D eigenvalue weighted by Crippen LogP contribution is -2.19. The number of fused-ring (bicyclic) bond motifs is 1. The molecular formula is C25H18N2O5. The molecule has 3 aromatic carbocycles. The first kappa shape index (κ1) is 20.7. The number of rotatable bonds is 7. The molecule has 4 aromatic rings. The highest BCUT2D eigenvalue weighted by Gasteiger charge is 2.27. The molecule has 0 spiro atoms. The van der Waals surface area contributed by atoms with E-state index >= 15 is 0 Å². The molecule has 1 atom stereocenters. The number of nitrogens with zero attached hydrogens (tertiary/aromatic N) is 1. The van der Waals surface area contributed by atoms with Gasteiger partial charge >= 0.3 is 5.97 Å². The Morgan fingerprint density at radius 2 is 1.62 bits per heavy atom. The van der Waals surface area contributed by atoms with Crippen LogP contribution >= 0.6 is 0 Å². The Morgan fingerprint density at radius 1 is 0.938 bits per heavy atom. The predicted octanol–water partition coefficient (Wildman–Crippen LogP) is 5.26. The van der Waals surface area contributed by atoms with Crippen LogP contribution in [0.25, 0.3) is 17.0 Å². The van der Waals surface area contributed by atoms with Gasteiger partial charge in [0, 0.05) is 46.4 Å². The lowest BCUT2D eigenvalue weighted by molar-refractivity contribution is -0.384. The van der Waals surface area contributed by atoms with Crippen molar-refractivity contribution in [3.8, 4) is 0 Å². The van der Waals surface area contributed by atoms with Gasteiger partial charge in [-0.1, -0.05) is 48.5 Å². The third kappa shape index (κ3) is 4.46. The number of esters is 1. The van der Waals surface area contributed by atoms with Gasteiger partial charge < -0.3 is 9.72 Å². The second-order valence-corrected chi connectivity index (χ2v) is 7.02. The zero-order valence-corrected chi connectivity index (χ0v) is 16.8. The number of carbonyl (C=O) groups is 2. The topological polar surface area (TPSA) is 102 Å². The van der Waals surface area contributed by atoms with E-state index < -0.39 is 17.0 Å². The molecule has 0 saturated heterocycles. The molecule has 0 bridgehead atoms. The average Bonchev–Trinajstić information content (AvgIpc) is 3.26. The summed E-state index contributed by atoms with van der Waals surface area (Å²) in [5, 5.41) is 11.5. The standard InChI is InChI=1S/C25H18N2O5/c28-23(15-12-17-10-13-19(14-11-17)27(30)31)32-25(18-6-2-1-3-7-18)24(29)21-16-26-22-9-5-4-8-20(21)22/h1-16,25-26H/b15-12+/t25-/m0/s1. The molecule has 0 fully saturated rings. The van der Waals surface area contributed by atoms with E-state index in [0.29, 0.717) is 16.7 Å². The minimum atomic E-state index is -1.12. The largest absolute Gasteiger partial charge is 0.446 e. The normalized spacial score (nSPS) is 12.0. The number of ketones is 1. The summed E-state index contributed by atoms with van der Waals surface area (Å²) in [6.07, 6.45) is 3.16. The van der Waals surface area contributed by atoms with Crippen LogP contribution in [0.1, 0.15) is 27.6 Å². The summed E-state index contributed by atoms with van der Waals surface area (Å²) in [4.78, 5) is 39.2. The lowest BCUT2D eigenvalue weighted by atomic mass is 9.99. The molecule has 7 nitrogen and oxygen atoms in total. The molecule has 1 heterocycles. The highest BCUT2D eigenvalue weighted by molar-refractivity contribution is 6.10. The van der Waals surface area contributed by atoms with Gasteiger partial charge in [-0.05, 0) is 29.8 Å². The van der Waals surface area contributed by atoms with Crippen molar-refractivity contribution in [3.05, 3.63) is 118 Å². The minimum Gasteiger partial charge on any atom is -0.446 e. The van der Waals surface area contributed by atoms with E-state index in [9.17, 15) is 19.7 Å². The number of hydrogen-bond donors (Lipinski definition) is 1. The van der Waals surface area contributed by atoms with Gasteiger partial charge in [-0.2, -0.15) is 0 Å². The molecule has 32 heavy (non-hydrogen) atoms. The Bertz CT molecular complexity index is 1310. The molecule has 0 amide bonds. The van der Waals surface area contributed by atoms with E-state index in [2.05, 4.69) is 4.98 Å². The number of nitro benzene ring substituents is 1. The second kappa shape index (κ2) is 9.09. The molecule has 0 aliphatic heterocycles. The van der Waals surface area contributed by atoms with Crippen molar-refractivity contribution in [2.45, 2.75) is 6.10 Å². The van der Waals surface area contributed by atoms with E-state index in [1.807, 2.05) is 30.3 Å². The number of H-pyrrole nitrogens is 1. The highest BCUT2D eigenvalue weighted by Crippen LogP contribution is 2.27. The number of Topliss-reactive ketones (excluding diaryl/α,β-unsaturated/α-hetero) is 1. The number of carbonyl (C=O) groups excluding carboxylic acids is 2. The first-order valence-corrected chi connectivity index (χ1v) is 9.81. The zero-order chi connectivity index (χ0) is 22.5. The Kier molecular flexibility index (Phi) is 5.89. The molecule has 4 rings (SSSR count). The Hall–Kier alpha value is -4.52. The van der Waals surface area contributed by atoms with Crippen LogP contribution in [0.2, 0.25) is 0 Å². The van der Waals surface area contributed by atoms with Crippen molar-refractivity contribution in [2.24, 2.45) is 0 Å². The maximum absolute atomic E-state index is 13.3. The molecule has 158 valence electrons. The van der Waals surface area contributed by atoms with E-state index in [-0.39, 0.29) is 11.5 Å². The van der Waals surface area contributed by atoms with E-state index in [1.165, 1.54) is 36.4 Å². The quantitative estimate of drug-likeness (QED) is 0.143. The number of benzene rings is 3. The van der Waals surface area contributed by atoms with Crippen LogP contribution in [-0.4, -0.2) is 21.7 Å². The summed E-state index contributed by atoms with van der Waals surface area (Å²) < 4.78 is 5.56. The Morgan fingerprint density at radius 3 is 2.34 bits per heavy atom. The van der Waals surface area contributed by atoms with Gasteiger partial charge in [0.1, 0.15) is 0 Å². The fourth-order valence-electron chi connectivity index (χ4n) is 3.34. The molecule has 1 N–H and O–H groups in total. The highest BCUT2D eigenvalue weighted by atomic mass is 16.6. The van der Waals surface area contributed by atoms with Crippen molar-refractivity contribution in [2.75, 3.05) is 0 Å². The second-order valence-electron chi connectivity index (χ2n) is 7.02. The molecule has 0 aliphatic rings. The van der Waals surface area contributed by atoms with Crippen molar-refractivity contribution >= 4 is 34.4 Å². The smallest absolute Gasteiger partial charge is 0.331 e. The lowest BCUT2D eigenvalue weighted by Gasteiger charge is -2.16. The average molecular weight is 426 g/mol. The van der Waals surface area contributed by atoms with Crippen LogP contribution in [-0.2, 0) is 9.53 Å².